The Labute approximate surface area is 240 Å². The first-order valence-electron chi connectivity index (χ1n) is 11.1. The number of hydrogen-bond donors (Lipinski definition) is 0. The molecule has 1 amide bonds. The zero-order valence-electron chi connectivity index (χ0n) is 20.8. The number of carbonyl (C=O) groups is 2. The van der Waals surface area contributed by atoms with Crippen LogP contribution < -0.4 is 0 Å². The average Bonchev–Trinajstić information content (AvgIpc) is 3.78. The molecule has 0 spiro atoms. The second kappa shape index (κ2) is 18.3. The van der Waals surface area contributed by atoms with E-state index in [0.717, 1.165) is 5.56 Å². The Morgan fingerprint density at radius 2 is 1.38 bits per heavy atom. The number of nitrogens with zero attached hydrogens (tertiary/aromatic N) is 7. The van der Waals surface area contributed by atoms with Gasteiger partial charge in [-0.3, -0.25) is 9.69 Å². The number of likely N-dealkylation sites (tertiary alicyclic amines) is 1. The number of rotatable bonds is 5. The summed E-state index contributed by atoms with van der Waals surface area (Å²) in [6.45, 7) is 12.4. The van der Waals surface area contributed by atoms with Gasteiger partial charge in [-0.1, -0.05) is 30.3 Å². The predicted octanol–water partition coefficient (Wildman–Crippen LogP) is 2.47. The van der Waals surface area contributed by atoms with E-state index in [1.165, 1.54) is 11.3 Å². The molecule has 1 saturated heterocycles. The summed E-state index contributed by atoms with van der Waals surface area (Å²) in [6, 6.07) is 15.1. The Balaban J connectivity index is 0.000000340. The van der Waals surface area contributed by atoms with E-state index in [2.05, 4.69) is 28.6 Å². The van der Waals surface area contributed by atoms with E-state index >= 15 is 0 Å². The van der Waals surface area contributed by atoms with E-state index < -0.39 is 6.09 Å². The minimum atomic E-state index is -0.510. The first-order valence-corrected chi connectivity index (χ1v) is 11.1. The molecule has 1 aromatic carbocycles. The molecule has 0 aliphatic carbocycles. The number of Topliss-reactive ketones (excluding diaryl/α,β-unsaturated/α-hetero) is 1. The van der Waals surface area contributed by atoms with Crippen molar-refractivity contribution in [2.75, 3.05) is 6.54 Å². The van der Waals surface area contributed by atoms with Gasteiger partial charge in [-0.15, -0.1) is 0 Å². The van der Waals surface area contributed by atoms with Gasteiger partial charge >= 0.3 is 49.8 Å². The van der Waals surface area contributed by atoms with E-state index in [0.29, 0.717) is 0 Å². The molecule has 196 valence electrons. The second-order valence-electron chi connectivity index (χ2n) is 7.34. The molecule has 1 fully saturated rings. The van der Waals surface area contributed by atoms with Crippen LogP contribution in [-0.4, -0.2) is 59.5 Å². The fraction of sp³-hybridized carbons (Fsp3) is 0.120. The van der Waals surface area contributed by atoms with E-state index in [1.807, 2.05) is 67.1 Å². The van der Waals surface area contributed by atoms with Gasteiger partial charge in [-0.2, -0.15) is 0 Å². The molecule has 39 heavy (non-hydrogen) atoms. The molecule has 14 heteroatoms. The van der Waals surface area contributed by atoms with Crippen LogP contribution in [0.5, 0.6) is 0 Å². The summed E-state index contributed by atoms with van der Waals surface area (Å²) in [5, 5.41) is 12.7. The minimum Gasteiger partial charge on any atom is -0.425 e. The summed E-state index contributed by atoms with van der Waals surface area (Å²) in [6.07, 6.45) is 13.0. The second-order valence-corrected chi connectivity index (χ2v) is 7.34. The van der Waals surface area contributed by atoms with Gasteiger partial charge in [0.15, 0.2) is 5.78 Å². The number of amides is 1. The van der Waals surface area contributed by atoms with Crippen molar-refractivity contribution in [3.63, 3.8) is 0 Å². The maximum absolute atomic E-state index is 11.8. The molecule has 1 aliphatic rings. The van der Waals surface area contributed by atoms with Crippen molar-refractivity contribution < 1.29 is 44.7 Å². The number of hydrogen-bond acceptors (Lipinski definition) is 6. The van der Waals surface area contributed by atoms with Gasteiger partial charge in [0.1, 0.15) is 6.10 Å². The average molecular weight is 608 g/mol. The van der Waals surface area contributed by atoms with Crippen LogP contribution in [0.1, 0.15) is 18.6 Å². The molecular weight excluding hydrogens is 585 g/mol. The smallest absolute Gasteiger partial charge is 0.425 e. The Bertz CT molecular complexity index is 1160. The summed E-state index contributed by atoms with van der Waals surface area (Å²) in [5.41, 5.74) is 0.921. The molecule has 1 atom stereocenters. The number of benzene rings is 1. The molecule has 5 rings (SSSR count). The molecule has 0 bridgehead atoms. The topological polar surface area (TPSA) is 140 Å². The van der Waals surface area contributed by atoms with Crippen molar-refractivity contribution in [3.05, 3.63) is 124 Å². The van der Waals surface area contributed by atoms with Crippen molar-refractivity contribution in [3.8, 4) is 0 Å². The van der Waals surface area contributed by atoms with Crippen LogP contribution in [0.3, 0.4) is 0 Å². The van der Waals surface area contributed by atoms with E-state index in [9.17, 15) is 9.59 Å². The number of aromatic nitrogens is 6. The minimum absolute atomic E-state index is 0. The van der Waals surface area contributed by atoms with Crippen LogP contribution in [0, 0.1) is 32.7 Å². The molecule has 0 N–H and O–H groups in total. The number of ether oxygens (including phenoxy) is 1. The summed E-state index contributed by atoms with van der Waals surface area (Å²) in [5.74, 6) is -0.109. The summed E-state index contributed by atoms with van der Waals surface area (Å²) in [4.78, 5) is 24.3. The van der Waals surface area contributed by atoms with Crippen LogP contribution >= 0.6 is 0 Å². The van der Waals surface area contributed by atoms with Gasteiger partial charge in [0.25, 0.3) is 7.12 Å². The molecule has 3 aromatic heterocycles. The van der Waals surface area contributed by atoms with Crippen molar-refractivity contribution >= 4 is 19.0 Å². The van der Waals surface area contributed by atoms with Gasteiger partial charge in [-0.25, -0.2) is 20.1 Å². The zero-order chi connectivity index (χ0) is 27.8. The molecular formula is C25H23BMoN7O5+. The van der Waals surface area contributed by atoms with Gasteiger partial charge in [0.2, 0.25) is 0 Å². The normalized spacial score (nSPS) is 12.7. The summed E-state index contributed by atoms with van der Waals surface area (Å²) in [7, 11) is -0.194. The van der Waals surface area contributed by atoms with Gasteiger partial charge < -0.3 is 18.5 Å². The number of carbonyl (C=O) groups excluding carboxylic acids is 2. The zero-order valence-corrected chi connectivity index (χ0v) is 22.8. The first kappa shape index (κ1) is 33.1. The Morgan fingerprint density at radius 1 is 0.897 bits per heavy atom. The van der Waals surface area contributed by atoms with Crippen LogP contribution in [-0.2, 0) is 39.9 Å². The van der Waals surface area contributed by atoms with Crippen LogP contribution in [0.15, 0.2) is 85.7 Å². The SMILES string of the molecule is C[C@H](OC(=O)N1[CH][CH][CH]C(=O)C1)c1ccccc1.[C-]#[O+].[C-]#[O+].[Mo+2].c1cnn([B-](n2cccn2)n2cccn2)c1. The van der Waals surface area contributed by atoms with Crippen molar-refractivity contribution in [1.29, 1.82) is 0 Å². The van der Waals surface area contributed by atoms with Crippen molar-refractivity contribution in [2.45, 2.75) is 13.0 Å². The van der Waals surface area contributed by atoms with Crippen molar-refractivity contribution in [2.24, 2.45) is 0 Å². The van der Waals surface area contributed by atoms with Gasteiger partial charge in [0, 0.05) is 25.0 Å². The third-order valence-corrected chi connectivity index (χ3v) is 4.94. The third-order valence-electron chi connectivity index (χ3n) is 4.94. The van der Waals surface area contributed by atoms with Gasteiger partial charge in [0.05, 0.1) is 13.1 Å². The van der Waals surface area contributed by atoms with Crippen LogP contribution in [0.4, 0.5) is 4.79 Å². The Morgan fingerprint density at radius 3 is 1.79 bits per heavy atom. The summed E-state index contributed by atoms with van der Waals surface area (Å²) >= 11 is 0. The molecule has 4 aromatic rings. The fourth-order valence-electron chi connectivity index (χ4n) is 3.28. The molecule has 0 saturated carbocycles. The van der Waals surface area contributed by atoms with Crippen LogP contribution in [0.2, 0.25) is 0 Å². The van der Waals surface area contributed by atoms with Crippen molar-refractivity contribution in [1.82, 2.24) is 34.0 Å². The monoisotopic (exact) mass is 610 g/mol. The Kier molecular flexibility index (Phi) is 15.5. The quantitative estimate of drug-likeness (QED) is 0.194. The standard InChI is InChI=1S/C14H14NO3.C9H9BN6.2CO.Mo/c1-11(12-6-3-2-4-7-12)18-14(17)15-9-5-8-13(16)10-15;1-4-11-14(7-1)10(15-8-2-5-12-15)16-9-3-6-13-16;2*1-2;/h2-9,11H,10H2,1H3;1-9H;;;/q;-1;;;+2/t11-;;;;/m0..../s1. The van der Waals surface area contributed by atoms with Gasteiger partial charge in [-0.05, 0) is 55.7 Å². The van der Waals surface area contributed by atoms with E-state index in [-0.39, 0.29) is 46.6 Å². The Hall–Kier alpha value is -3.98. The number of piperidine rings is 1. The van der Waals surface area contributed by atoms with Crippen LogP contribution in [0.25, 0.3) is 0 Å². The maximum atomic E-state index is 11.8. The predicted molar refractivity (Wildman–Crippen MR) is 132 cm³/mol. The molecule has 1 aliphatic heterocycles. The van der Waals surface area contributed by atoms with E-state index in [1.54, 1.807) is 52.3 Å². The summed E-state index contributed by atoms with van der Waals surface area (Å²) < 4.78 is 25.7. The first-order chi connectivity index (χ1) is 18.6. The maximum Gasteiger partial charge on any atom is 2.00 e. The molecule has 0 unspecified atom stereocenters. The molecule has 4 radical (unpaired) electrons. The fourth-order valence-corrected chi connectivity index (χ4v) is 3.28. The third kappa shape index (κ3) is 10.0. The molecule has 12 nitrogen and oxygen atoms in total. The van der Waals surface area contributed by atoms with E-state index in [4.69, 9.17) is 14.0 Å². The number of ketones is 1. The largest absolute Gasteiger partial charge is 2.00 e. The molecule has 4 heterocycles.